The molecule has 0 aliphatic heterocycles. The molecule has 116 valence electrons. The quantitative estimate of drug-likeness (QED) is 0.629. The Morgan fingerprint density at radius 2 is 1.86 bits per heavy atom. The number of ether oxygens (including phenoxy) is 1. The summed E-state index contributed by atoms with van der Waals surface area (Å²) in [7, 11) is 0. The van der Waals surface area contributed by atoms with E-state index in [0.717, 1.165) is 11.3 Å². The fourth-order valence-electron chi connectivity index (χ4n) is 1.92. The number of halogens is 2. The van der Waals surface area contributed by atoms with E-state index in [4.69, 9.17) is 33.7 Å². The van der Waals surface area contributed by atoms with E-state index in [0.29, 0.717) is 28.8 Å². The lowest BCUT2D eigenvalue weighted by Crippen LogP contribution is -2.21. The van der Waals surface area contributed by atoms with E-state index in [1.807, 2.05) is 43.3 Å². The highest BCUT2D eigenvalue weighted by molar-refractivity contribution is 6.30. The molecule has 0 aliphatic rings. The highest BCUT2D eigenvalue weighted by Gasteiger charge is 2.04. The van der Waals surface area contributed by atoms with Crippen molar-refractivity contribution in [2.45, 2.75) is 19.4 Å². The van der Waals surface area contributed by atoms with Gasteiger partial charge >= 0.3 is 0 Å². The summed E-state index contributed by atoms with van der Waals surface area (Å²) in [6.07, 6.45) is 0.517. The third-order valence-electron chi connectivity index (χ3n) is 2.98. The summed E-state index contributed by atoms with van der Waals surface area (Å²) in [6.45, 7) is 2.44. The van der Waals surface area contributed by atoms with E-state index in [2.05, 4.69) is 4.99 Å². The number of nitrogens with two attached hydrogens (primary N) is 1. The first kappa shape index (κ1) is 16.7. The summed E-state index contributed by atoms with van der Waals surface area (Å²) >= 11 is 11.8. The largest absolute Gasteiger partial charge is 0.489 e. The van der Waals surface area contributed by atoms with Crippen LogP contribution in [0.2, 0.25) is 10.0 Å². The Bertz CT molecular complexity index is 641. The third kappa shape index (κ3) is 5.58. The molecule has 0 bridgehead atoms. The zero-order valence-corrected chi connectivity index (χ0v) is 13.8. The number of benzene rings is 2. The molecule has 2 N–H and O–H groups in total. The molecule has 0 saturated carbocycles. The Morgan fingerprint density at radius 1 is 1.14 bits per heavy atom. The van der Waals surface area contributed by atoms with Crippen LogP contribution in [0.4, 0.5) is 0 Å². The van der Waals surface area contributed by atoms with Gasteiger partial charge in [0.05, 0.1) is 12.4 Å². The lowest BCUT2D eigenvalue weighted by molar-refractivity contribution is 0.230. The van der Waals surface area contributed by atoms with Gasteiger partial charge in [0.2, 0.25) is 0 Å². The van der Waals surface area contributed by atoms with E-state index < -0.39 is 0 Å². The van der Waals surface area contributed by atoms with Gasteiger partial charge in [0.15, 0.2) is 0 Å². The van der Waals surface area contributed by atoms with E-state index in [1.54, 1.807) is 12.1 Å². The van der Waals surface area contributed by atoms with Crippen molar-refractivity contribution in [2.75, 3.05) is 6.54 Å². The van der Waals surface area contributed by atoms with Gasteiger partial charge < -0.3 is 10.5 Å². The minimum absolute atomic E-state index is 0.0813. The molecule has 2 aromatic rings. The second kappa shape index (κ2) is 8.06. The Morgan fingerprint density at radius 3 is 2.55 bits per heavy atom. The molecular weight excluding hydrogens is 319 g/mol. The summed E-state index contributed by atoms with van der Waals surface area (Å²) in [5, 5.41) is 1.36. The zero-order chi connectivity index (χ0) is 15.9. The molecule has 5 heteroatoms. The number of rotatable bonds is 6. The fourth-order valence-corrected chi connectivity index (χ4v) is 2.23. The van der Waals surface area contributed by atoms with Crippen LogP contribution in [0.25, 0.3) is 0 Å². The summed E-state index contributed by atoms with van der Waals surface area (Å²) < 4.78 is 5.75. The number of hydrogen-bond acceptors (Lipinski definition) is 2. The van der Waals surface area contributed by atoms with E-state index in [1.165, 1.54) is 0 Å². The topological polar surface area (TPSA) is 47.6 Å². The van der Waals surface area contributed by atoms with Crippen molar-refractivity contribution in [1.29, 1.82) is 0 Å². The molecule has 0 saturated heterocycles. The molecule has 1 atom stereocenters. The molecule has 0 fully saturated rings. The fraction of sp³-hybridized carbons (Fsp3) is 0.235. The van der Waals surface area contributed by atoms with Crippen LogP contribution in [-0.4, -0.2) is 18.5 Å². The molecule has 0 radical (unpaired) electrons. The monoisotopic (exact) mass is 336 g/mol. The Balaban J connectivity index is 1.85. The molecule has 2 aromatic carbocycles. The van der Waals surface area contributed by atoms with Crippen LogP contribution in [0.5, 0.6) is 5.75 Å². The second-order valence-corrected chi connectivity index (χ2v) is 5.89. The molecule has 0 aliphatic carbocycles. The predicted molar refractivity (Wildman–Crippen MR) is 93.2 cm³/mol. The normalized spacial score (nSPS) is 13.0. The smallest absolute Gasteiger partial charge is 0.121 e. The molecule has 0 spiro atoms. The van der Waals surface area contributed by atoms with E-state index in [9.17, 15) is 0 Å². The Labute approximate surface area is 140 Å². The van der Waals surface area contributed by atoms with Crippen LogP contribution in [0.3, 0.4) is 0 Å². The molecule has 0 heterocycles. The van der Waals surface area contributed by atoms with Crippen LogP contribution in [0, 0.1) is 0 Å². The van der Waals surface area contributed by atoms with E-state index >= 15 is 0 Å². The van der Waals surface area contributed by atoms with Gasteiger partial charge in [0.25, 0.3) is 0 Å². The molecule has 0 aromatic heterocycles. The summed E-state index contributed by atoms with van der Waals surface area (Å²) in [5.41, 5.74) is 7.03. The summed E-state index contributed by atoms with van der Waals surface area (Å²) in [6, 6.07) is 14.9. The Kier molecular flexibility index (Phi) is 6.10. The first-order valence-corrected chi connectivity index (χ1v) is 7.74. The van der Waals surface area contributed by atoms with Crippen molar-refractivity contribution >= 4 is 29.0 Å². The van der Waals surface area contributed by atoms with Gasteiger partial charge in [-0.05, 0) is 42.8 Å². The van der Waals surface area contributed by atoms with Crippen LogP contribution < -0.4 is 10.5 Å². The maximum atomic E-state index is 5.95. The van der Waals surface area contributed by atoms with Gasteiger partial charge in [-0.2, -0.15) is 0 Å². The van der Waals surface area contributed by atoms with Gasteiger partial charge in [-0.3, -0.25) is 4.99 Å². The molecule has 3 nitrogen and oxygen atoms in total. The molecular formula is C17H18Cl2N2O. The minimum Gasteiger partial charge on any atom is -0.489 e. The SMILES string of the molecule is CC(CN=C(N)Cc1ccc(Cl)cc1)Oc1cccc(Cl)c1. The minimum atomic E-state index is -0.0813. The second-order valence-electron chi connectivity index (χ2n) is 5.02. The third-order valence-corrected chi connectivity index (χ3v) is 3.47. The number of aliphatic imine (C=N–C) groups is 1. The zero-order valence-electron chi connectivity index (χ0n) is 12.3. The summed E-state index contributed by atoms with van der Waals surface area (Å²) in [5.74, 6) is 1.30. The lowest BCUT2D eigenvalue weighted by Gasteiger charge is -2.13. The number of hydrogen-bond donors (Lipinski definition) is 1. The van der Waals surface area contributed by atoms with Crippen molar-refractivity contribution in [1.82, 2.24) is 0 Å². The van der Waals surface area contributed by atoms with Gasteiger partial charge in [-0.25, -0.2) is 0 Å². The molecule has 0 amide bonds. The van der Waals surface area contributed by atoms with Crippen molar-refractivity contribution in [3.63, 3.8) is 0 Å². The molecule has 22 heavy (non-hydrogen) atoms. The van der Waals surface area contributed by atoms with Crippen LogP contribution in [0.1, 0.15) is 12.5 Å². The maximum absolute atomic E-state index is 5.95. The van der Waals surface area contributed by atoms with Crippen molar-refractivity contribution in [2.24, 2.45) is 10.7 Å². The number of amidine groups is 1. The predicted octanol–water partition coefficient (Wildman–Crippen LogP) is 4.36. The first-order valence-electron chi connectivity index (χ1n) is 6.98. The van der Waals surface area contributed by atoms with Crippen molar-refractivity contribution in [3.05, 3.63) is 64.1 Å². The van der Waals surface area contributed by atoms with Crippen LogP contribution in [0.15, 0.2) is 53.5 Å². The van der Waals surface area contributed by atoms with Gasteiger partial charge in [0, 0.05) is 16.5 Å². The first-order chi connectivity index (χ1) is 10.5. The van der Waals surface area contributed by atoms with Crippen LogP contribution >= 0.6 is 23.2 Å². The highest BCUT2D eigenvalue weighted by Crippen LogP contribution is 2.18. The van der Waals surface area contributed by atoms with Gasteiger partial charge in [-0.15, -0.1) is 0 Å². The average molecular weight is 337 g/mol. The van der Waals surface area contributed by atoms with Crippen molar-refractivity contribution < 1.29 is 4.74 Å². The van der Waals surface area contributed by atoms with Gasteiger partial charge in [-0.1, -0.05) is 41.4 Å². The Hall–Kier alpha value is -1.71. The highest BCUT2D eigenvalue weighted by atomic mass is 35.5. The average Bonchev–Trinajstić information content (AvgIpc) is 2.48. The molecule has 1 unspecified atom stereocenters. The number of nitrogens with zero attached hydrogens (tertiary/aromatic N) is 1. The van der Waals surface area contributed by atoms with Crippen LogP contribution in [-0.2, 0) is 6.42 Å². The van der Waals surface area contributed by atoms with Crippen molar-refractivity contribution in [3.8, 4) is 5.75 Å². The lowest BCUT2D eigenvalue weighted by atomic mass is 10.1. The summed E-state index contributed by atoms with van der Waals surface area (Å²) in [4.78, 5) is 4.36. The molecule has 2 rings (SSSR count). The standard InChI is InChI=1S/C17H18Cl2N2O/c1-12(22-16-4-2-3-15(19)10-16)11-21-17(20)9-13-5-7-14(18)8-6-13/h2-8,10,12H,9,11H2,1H3,(H2,20,21). The van der Waals surface area contributed by atoms with Gasteiger partial charge in [0.1, 0.15) is 11.9 Å². The van der Waals surface area contributed by atoms with E-state index in [-0.39, 0.29) is 6.10 Å². The maximum Gasteiger partial charge on any atom is 0.121 e.